The maximum atomic E-state index is 10.3. The highest BCUT2D eigenvalue weighted by atomic mass is 16.5. The average Bonchev–Trinajstić information content (AvgIpc) is 3.38. The Kier molecular flexibility index (Phi) is 7.78. The zero-order valence-corrected chi connectivity index (χ0v) is 16.7. The fourth-order valence-electron chi connectivity index (χ4n) is 3.44. The monoisotopic (exact) mass is 363 g/mol. The number of hydrogen-bond acceptors (Lipinski definition) is 4. The Balaban J connectivity index is 1.83. The molecule has 4 heteroatoms. The Morgan fingerprint density at radius 2 is 1.96 bits per heavy atom. The van der Waals surface area contributed by atoms with E-state index >= 15 is 0 Å². The van der Waals surface area contributed by atoms with Crippen molar-refractivity contribution in [1.29, 1.82) is 0 Å². The van der Waals surface area contributed by atoms with Gasteiger partial charge in [0.1, 0.15) is 0 Å². The Labute approximate surface area is 158 Å². The minimum atomic E-state index is -0.503. The molecule has 148 valence electrons. The molecule has 0 bridgehead atoms. The molecule has 1 aliphatic rings. The van der Waals surface area contributed by atoms with Gasteiger partial charge in [-0.2, -0.15) is 0 Å². The van der Waals surface area contributed by atoms with Gasteiger partial charge in [0, 0.05) is 5.54 Å². The molecule has 4 nitrogen and oxygen atoms in total. The fraction of sp³-hybridized carbons (Fsp3) is 0.727. The van der Waals surface area contributed by atoms with E-state index in [1.807, 2.05) is 12.1 Å². The summed E-state index contributed by atoms with van der Waals surface area (Å²) in [5.74, 6) is 2.13. The highest BCUT2D eigenvalue weighted by Gasteiger charge is 2.33. The van der Waals surface area contributed by atoms with E-state index in [4.69, 9.17) is 10.5 Å². The molecule has 0 heterocycles. The third-order valence-electron chi connectivity index (χ3n) is 5.36. The Bertz CT molecular complexity index is 556. The number of aromatic hydroxyl groups is 1. The molecule has 1 aliphatic carbocycles. The summed E-state index contributed by atoms with van der Waals surface area (Å²) in [5.41, 5.74) is 6.88. The van der Waals surface area contributed by atoms with Crippen LogP contribution >= 0.6 is 0 Å². The van der Waals surface area contributed by atoms with Crippen LogP contribution in [0.2, 0.25) is 0 Å². The van der Waals surface area contributed by atoms with Crippen molar-refractivity contribution in [3.8, 4) is 11.5 Å². The van der Waals surface area contributed by atoms with Crippen LogP contribution in [0.1, 0.15) is 71.3 Å². The zero-order valence-electron chi connectivity index (χ0n) is 16.7. The first kappa shape index (κ1) is 21.0. The molecule has 4 N–H and O–H groups in total. The van der Waals surface area contributed by atoms with Crippen molar-refractivity contribution in [3.05, 3.63) is 23.8 Å². The highest BCUT2D eigenvalue weighted by molar-refractivity contribution is 5.42. The third kappa shape index (κ3) is 7.16. The largest absolute Gasteiger partial charge is 0.504 e. The van der Waals surface area contributed by atoms with Gasteiger partial charge in [-0.1, -0.05) is 39.2 Å². The normalized spacial score (nSPS) is 17.9. The Morgan fingerprint density at radius 3 is 2.54 bits per heavy atom. The van der Waals surface area contributed by atoms with E-state index in [-0.39, 0.29) is 18.5 Å². The summed E-state index contributed by atoms with van der Waals surface area (Å²) < 4.78 is 5.89. The van der Waals surface area contributed by atoms with Gasteiger partial charge in [-0.15, -0.1) is 0 Å². The standard InChI is InChI=1S/C22H37NO3/c1-16(2)5-4-6-17(3)26-21-10-9-18(13-20(21)25)11-12-22(23,15-24)14-19-7-8-19/h9-10,13,16-17,19,24-25H,4-8,11-12,14-15,23H2,1-3H3/t17?,22-/m0/s1. The van der Waals surface area contributed by atoms with Gasteiger partial charge in [-0.25, -0.2) is 0 Å². The number of nitrogens with two attached hydrogens (primary N) is 1. The summed E-state index contributed by atoms with van der Waals surface area (Å²) in [6.45, 7) is 6.53. The van der Waals surface area contributed by atoms with Crippen LogP contribution in [0, 0.1) is 11.8 Å². The third-order valence-corrected chi connectivity index (χ3v) is 5.36. The van der Waals surface area contributed by atoms with E-state index in [0.717, 1.165) is 37.7 Å². The van der Waals surface area contributed by atoms with Crippen LogP contribution in [0.25, 0.3) is 0 Å². The van der Waals surface area contributed by atoms with E-state index in [1.54, 1.807) is 6.07 Å². The number of phenols is 1. The second kappa shape index (κ2) is 9.61. The molecule has 1 aromatic rings. The van der Waals surface area contributed by atoms with Crippen molar-refractivity contribution >= 4 is 0 Å². The van der Waals surface area contributed by atoms with Crippen molar-refractivity contribution in [1.82, 2.24) is 0 Å². The number of aryl methyl sites for hydroxylation is 1. The van der Waals surface area contributed by atoms with E-state index in [0.29, 0.717) is 17.6 Å². The van der Waals surface area contributed by atoms with Gasteiger partial charge in [-0.3, -0.25) is 0 Å². The molecule has 1 aromatic carbocycles. The molecule has 1 unspecified atom stereocenters. The SMILES string of the molecule is CC(C)CCCC(C)Oc1ccc(CC[C@@](N)(CO)CC2CC2)cc1O. The van der Waals surface area contributed by atoms with Gasteiger partial charge in [0.2, 0.25) is 0 Å². The minimum absolute atomic E-state index is 0.0184. The number of benzene rings is 1. The molecule has 0 aromatic heterocycles. The van der Waals surface area contributed by atoms with Gasteiger partial charge in [0.25, 0.3) is 0 Å². The maximum absolute atomic E-state index is 10.3. The van der Waals surface area contributed by atoms with Crippen molar-refractivity contribution in [2.24, 2.45) is 17.6 Å². The summed E-state index contributed by atoms with van der Waals surface area (Å²) in [6, 6.07) is 5.61. The molecule has 1 fully saturated rings. The van der Waals surface area contributed by atoms with E-state index in [1.165, 1.54) is 19.3 Å². The first-order valence-corrected chi connectivity index (χ1v) is 10.2. The van der Waals surface area contributed by atoms with Crippen molar-refractivity contribution in [2.45, 2.75) is 83.8 Å². The number of aliphatic hydroxyl groups excluding tert-OH is 1. The zero-order chi connectivity index (χ0) is 19.2. The topological polar surface area (TPSA) is 75.7 Å². The molecule has 26 heavy (non-hydrogen) atoms. The van der Waals surface area contributed by atoms with Gasteiger partial charge in [0.05, 0.1) is 12.7 Å². The summed E-state index contributed by atoms with van der Waals surface area (Å²) >= 11 is 0. The molecular weight excluding hydrogens is 326 g/mol. The van der Waals surface area contributed by atoms with Gasteiger partial charge >= 0.3 is 0 Å². The van der Waals surface area contributed by atoms with Gasteiger partial charge in [0.15, 0.2) is 11.5 Å². The highest BCUT2D eigenvalue weighted by Crippen LogP contribution is 2.37. The van der Waals surface area contributed by atoms with Crippen molar-refractivity contribution < 1.29 is 14.9 Å². The smallest absolute Gasteiger partial charge is 0.161 e. The fourth-order valence-corrected chi connectivity index (χ4v) is 3.44. The molecule has 0 spiro atoms. The van der Waals surface area contributed by atoms with Crippen LogP contribution in [-0.4, -0.2) is 28.5 Å². The molecule has 0 aliphatic heterocycles. The molecule has 0 amide bonds. The van der Waals surface area contributed by atoms with Crippen LogP contribution in [-0.2, 0) is 6.42 Å². The van der Waals surface area contributed by atoms with Crippen LogP contribution in [0.3, 0.4) is 0 Å². The Hall–Kier alpha value is -1.26. The first-order chi connectivity index (χ1) is 12.3. The second-order valence-electron chi connectivity index (χ2n) is 8.72. The number of aliphatic hydroxyl groups is 1. The average molecular weight is 364 g/mol. The minimum Gasteiger partial charge on any atom is -0.504 e. The molecule has 2 atom stereocenters. The Morgan fingerprint density at radius 1 is 1.23 bits per heavy atom. The number of hydrogen-bond donors (Lipinski definition) is 3. The van der Waals surface area contributed by atoms with E-state index < -0.39 is 5.54 Å². The summed E-state index contributed by atoms with van der Waals surface area (Å²) in [5, 5.41) is 19.9. The van der Waals surface area contributed by atoms with Crippen molar-refractivity contribution in [3.63, 3.8) is 0 Å². The second-order valence-corrected chi connectivity index (χ2v) is 8.72. The van der Waals surface area contributed by atoms with Crippen molar-refractivity contribution in [2.75, 3.05) is 6.61 Å². The molecule has 1 saturated carbocycles. The summed E-state index contributed by atoms with van der Waals surface area (Å²) in [7, 11) is 0. The van der Waals surface area contributed by atoms with Crippen LogP contribution in [0.15, 0.2) is 18.2 Å². The first-order valence-electron chi connectivity index (χ1n) is 10.2. The number of ether oxygens (including phenoxy) is 1. The quantitative estimate of drug-likeness (QED) is 0.514. The molecule has 0 radical (unpaired) electrons. The molecule has 0 saturated heterocycles. The lowest BCUT2D eigenvalue weighted by Gasteiger charge is -2.27. The van der Waals surface area contributed by atoms with Crippen LogP contribution < -0.4 is 10.5 Å². The number of rotatable bonds is 12. The van der Waals surface area contributed by atoms with Crippen LogP contribution in [0.5, 0.6) is 11.5 Å². The summed E-state index contributed by atoms with van der Waals surface area (Å²) in [4.78, 5) is 0. The lowest BCUT2D eigenvalue weighted by Crippen LogP contribution is -2.44. The molecular formula is C22H37NO3. The lowest BCUT2D eigenvalue weighted by atomic mass is 9.88. The van der Waals surface area contributed by atoms with Gasteiger partial charge in [-0.05, 0) is 68.6 Å². The number of phenolic OH excluding ortho intramolecular Hbond substituents is 1. The van der Waals surface area contributed by atoms with E-state index in [2.05, 4.69) is 20.8 Å². The summed E-state index contributed by atoms with van der Waals surface area (Å²) in [6.07, 6.45) is 8.27. The predicted octanol–water partition coefficient (Wildman–Crippen LogP) is 4.41. The predicted molar refractivity (Wildman–Crippen MR) is 107 cm³/mol. The van der Waals surface area contributed by atoms with Gasteiger partial charge < -0.3 is 20.7 Å². The van der Waals surface area contributed by atoms with Crippen LogP contribution in [0.4, 0.5) is 0 Å². The molecule has 2 rings (SSSR count). The maximum Gasteiger partial charge on any atom is 0.161 e. The lowest BCUT2D eigenvalue weighted by molar-refractivity contribution is 0.172. The van der Waals surface area contributed by atoms with E-state index in [9.17, 15) is 10.2 Å².